The second-order valence-corrected chi connectivity index (χ2v) is 10.3. The SMILES string of the molecule is COc1ccc2nccc(CCC3(O)CCN(C[C@H](O)c4ccc5c(c4)NC(=O)CS5)CC3)c2n1. The molecule has 0 unspecified atom stereocenters. The Morgan fingerprint density at radius 1 is 1.23 bits per heavy atom. The van der Waals surface area contributed by atoms with Crippen LogP contribution in [-0.4, -0.2) is 69.1 Å². The van der Waals surface area contributed by atoms with Crippen molar-refractivity contribution in [1.29, 1.82) is 0 Å². The first kappa shape index (κ1) is 24.0. The second kappa shape index (κ2) is 10.1. The van der Waals surface area contributed by atoms with E-state index in [1.807, 2.05) is 30.3 Å². The molecule has 5 rings (SSSR count). The third kappa shape index (κ3) is 5.43. The molecule has 2 aliphatic heterocycles. The lowest BCUT2D eigenvalue weighted by Gasteiger charge is -2.39. The topological polar surface area (TPSA) is 108 Å². The minimum absolute atomic E-state index is 0.0147. The number of benzene rings is 1. The van der Waals surface area contributed by atoms with Crippen molar-refractivity contribution in [2.24, 2.45) is 0 Å². The van der Waals surface area contributed by atoms with Crippen LogP contribution in [-0.2, 0) is 11.2 Å². The van der Waals surface area contributed by atoms with Crippen LogP contribution in [0.1, 0.15) is 36.5 Å². The average Bonchev–Trinajstić information content (AvgIpc) is 2.88. The van der Waals surface area contributed by atoms with E-state index in [1.54, 1.807) is 19.4 Å². The van der Waals surface area contributed by atoms with Crippen molar-refractivity contribution in [1.82, 2.24) is 14.9 Å². The third-order valence-electron chi connectivity index (χ3n) is 6.95. The zero-order valence-corrected chi connectivity index (χ0v) is 20.6. The number of ether oxygens (including phenoxy) is 1. The number of hydrogen-bond acceptors (Lipinski definition) is 8. The van der Waals surface area contributed by atoms with Crippen LogP contribution in [0.2, 0.25) is 0 Å². The minimum atomic E-state index is -0.747. The van der Waals surface area contributed by atoms with Gasteiger partial charge in [-0.15, -0.1) is 11.8 Å². The molecule has 0 spiro atoms. The lowest BCUT2D eigenvalue weighted by Crippen LogP contribution is -2.45. The molecule has 3 aromatic rings. The molecule has 9 heteroatoms. The molecule has 1 atom stereocenters. The summed E-state index contributed by atoms with van der Waals surface area (Å²) in [5.74, 6) is 0.963. The fourth-order valence-electron chi connectivity index (χ4n) is 4.80. The number of piperidine rings is 1. The summed E-state index contributed by atoms with van der Waals surface area (Å²) in [7, 11) is 1.60. The van der Waals surface area contributed by atoms with Gasteiger partial charge in [-0.1, -0.05) is 6.07 Å². The maximum absolute atomic E-state index is 11.7. The summed E-state index contributed by atoms with van der Waals surface area (Å²) in [6.45, 7) is 1.93. The van der Waals surface area contributed by atoms with Gasteiger partial charge in [-0.3, -0.25) is 9.78 Å². The molecule has 0 radical (unpaired) electrons. The average molecular weight is 495 g/mol. The molecule has 1 amide bonds. The van der Waals surface area contributed by atoms with Crippen LogP contribution in [0.5, 0.6) is 5.88 Å². The summed E-state index contributed by atoms with van der Waals surface area (Å²) in [5.41, 5.74) is 3.50. The Labute approximate surface area is 208 Å². The van der Waals surface area contributed by atoms with Crippen molar-refractivity contribution >= 4 is 34.4 Å². The van der Waals surface area contributed by atoms with E-state index < -0.39 is 11.7 Å². The molecule has 8 nitrogen and oxygen atoms in total. The quantitative estimate of drug-likeness (QED) is 0.460. The van der Waals surface area contributed by atoms with Gasteiger partial charge in [-0.05, 0) is 61.1 Å². The number of β-amino-alcohol motifs (C(OH)–C–C–N with tert-alkyl or cyclic N) is 1. The van der Waals surface area contributed by atoms with Crippen LogP contribution in [0.15, 0.2) is 47.5 Å². The number of carbonyl (C=O) groups excluding carboxylic acids is 1. The van der Waals surface area contributed by atoms with Crippen molar-refractivity contribution in [3.8, 4) is 5.88 Å². The number of anilines is 1. The fraction of sp³-hybridized carbons (Fsp3) is 0.423. The van der Waals surface area contributed by atoms with Gasteiger partial charge in [0.2, 0.25) is 11.8 Å². The van der Waals surface area contributed by atoms with E-state index in [0.29, 0.717) is 57.0 Å². The molecule has 184 valence electrons. The second-order valence-electron chi connectivity index (χ2n) is 9.32. The molecule has 1 aromatic carbocycles. The number of rotatable bonds is 7. The number of aliphatic hydroxyl groups excluding tert-OH is 1. The summed E-state index contributed by atoms with van der Waals surface area (Å²) >= 11 is 1.51. The summed E-state index contributed by atoms with van der Waals surface area (Å²) in [6.07, 6.45) is 3.78. The molecule has 2 aliphatic rings. The molecule has 4 heterocycles. The molecule has 2 aromatic heterocycles. The summed E-state index contributed by atoms with van der Waals surface area (Å²) in [4.78, 5) is 23.8. The predicted molar refractivity (Wildman–Crippen MR) is 136 cm³/mol. The van der Waals surface area contributed by atoms with Gasteiger partial charge in [-0.2, -0.15) is 0 Å². The highest BCUT2D eigenvalue weighted by Crippen LogP contribution is 2.34. The lowest BCUT2D eigenvalue weighted by atomic mass is 9.85. The van der Waals surface area contributed by atoms with E-state index in [1.165, 1.54) is 11.8 Å². The van der Waals surface area contributed by atoms with E-state index in [0.717, 1.165) is 32.7 Å². The van der Waals surface area contributed by atoms with Gasteiger partial charge in [0.25, 0.3) is 0 Å². The van der Waals surface area contributed by atoms with Crippen LogP contribution < -0.4 is 10.1 Å². The van der Waals surface area contributed by atoms with Gasteiger partial charge >= 0.3 is 0 Å². The molecule has 35 heavy (non-hydrogen) atoms. The van der Waals surface area contributed by atoms with E-state index >= 15 is 0 Å². The van der Waals surface area contributed by atoms with Crippen LogP contribution in [0.4, 0.5) is 5.69 Å². The number of thioether (sulfide) groups is 1. The number of carbonyl (C=O) groups is 1. The van der Waals surface area contributed by atoms with Gasteiger partial charge in [0.05, 0.1) is 41.3 Å². The number of aliphatic hydroxyl groups is 2. The number of nitrogens with zero attached hydrogens (tertiary/aromatic N) is 3. The molecular formula is C26H30N4O4S. The Hall–Kier alpha value is -2.72. The number of fused-ring (bicyclic) bond motifs is 2. The lowest BCUT2D eigenvalue weighted by molar-refractivity contribution is -0.113. The molecule has 0 bridgehead atoms. The molecule has 1 saturated heterocycles. The van der Waals surface area contributed by atoms with Crippen molar-refractivity contribution in [2.45, 2.75) is 42.3 Å². The van der Waals surface area contributed by atoms with E-state index in [9.17, 15) is 15.0 Å². The molecule has 3 N–H and O–H groups in total. The van der Waals surface area contributed by atoms with Gasteiger partial charge in [0.15, 0.2) is 0 Å². The summed E-state index contributed by atoms with van der Waals surface area (Å²) < 4.78 is 5.27. The summed E-state index contributed by atoms with van der Waals surface area (Å²) in [6, 6.07) is 11.4. The Morgan fingerprint density at radius 3 is 2.86 bits per heavy atom. The zero-order chi connectivity index (χ0) is 24.4. The highest BCUT2D eigenvalue weighted by molar-refractivity contribution is 8.00. The smallest absolute Gasteiger partial charge is 0.234 e. The van der Waals surface area contributed by atoms with Crippen molar-refractivity contribution < 1.29 is 19.7 Å². The highest BCUT2D eigenvalue weighted by Gasteiger charge is 2.33. The molecule has 0 saturated carbocycles. The molecule has 1 fully saturated rings. The zero-order valence-electron chi connectivity index (χ0n) is 19.7. The van der Waals surface area contributed by atoms with Gasteiger partial charge < -0.3 is 25.2 Å². The number of likely N-dealkylation sites (tertiary alicyclic amines) is 1. The van der Waals surface area contributed by atoms with E-state index in [-0.39, 0.29) is 5.91 Å². The monoisotopic (exact) mass is 494 g/mol. The van der Waals surface area contributed by atoms with Gasteiger partial charge in [0.1, 0.15) is 0 Å². The van der Waals surface area contributed by atoms with Gasteiger partial charge in [0, 0.05) is 36.8 Å². The maximum atomic E-state index is 11.7. The number of amides is 1. The summed E-state index contributed by atoms with van der Waals surface area (Å²) in [5, 5.41) is 24.9. The van der Waals surface area contributed by atoms with Crippen LogP contribution in [0, 0.1) is 0 Å². The van der Waals surface area contributed by atoms with E-state index in [2.05, 4.69) is 20.2 Å². The number of pyridine rings is 2. The number of aryl methyl sites for hydroxylation is 1. The van der Waals surface area contributed by atoms with Crippen molar-refractivity contribution in [3.05, 3.63) is 53.7 Å². The fourth-order valence-corrected chi connectivity index (χ4v) is 5.59. The third-order valence-corrected chi connectivity index (χ3v) is 8.02. The number of aromatic nitrogens is 2. The van der Waals surface area contributed by atoms with Gasteiger partial charge in [-0.25, -0.2) is 4.98 Å². The minimum Gasteiger partial charge on any atom is -0.481 e. The van der Waals surface area contributed by atoms with Crippen molar-refractivity contribution in [3.63, 3.8) is 0 Å². The Bertz CT molecular complexity index is 1230. The normalized spacial score (nSPS) is 18.7. The Morgan fingerprint density at radius 2 is 2.06 bits per heavy atom. The number of hydrogen-bond donors (Lipinski definition) is 3. The Kier molecular flexibility index (Phi) is 6.93. The molecular weight excluding hydrogens is 464 g/mol. The largest absolute Gasteiger partial charge is 0.481 e. The number of nitrogens with one attached hydrogen (secondary N) is 1. The van der Waals surface area contributed by atoms with Crippen LogP contribution in [0.3, 0.4) is 0 Å². The highest BCUT2D eigenvalue weighted by atomic mass is 32.2. The Balaban J connectivity index is 1.17. The van der Waals surface area contributed by atoms with Crippen LogP contribution >= 0.6 is 11.8 Å². The standard InChI is InChI=1S/C26H30N4O4S/c1-34-24-5-3-19-25(29-24)17(7-11-27-19)6-8-26(33)9-12-30(13-10-26)15-21(31)18-2-4-22-20(14-18)28-23(32)16-35-22/h2-5,7,11,14,21,31,33H,6,8-10,12-13,15-16H2,1H3,(H,28,32)/t21-/m0/s1. The van der Waals surface area contributed by atoms with E-state index in [4.69, 9.17) is 4.74 Å². The predicted octanol–water partition coefficient (Wildman–Crippen LogP) is 3.18. The maximum Gasteiger partial charge on any atom is 0.234 e. The molecule has 0 aliphatic carbocycles. The first-order valence-electron chi connectivity index (χ1n) is 11.9. The first-order valence-corrected chi connectivity index (χ1v) is 12.9. The number of methoxy groups -OCH3 is 1. The van der Waals surface area contributed by atoms with Crippen molar-refractivity contribution in [2.75, 3.05) is 37.8 Å². The van der Waals surface area contributed by atoms with Crippen LogP contribution in [0.25, 0.3) is 11.0 Å². The first-order chi connectivity index (χ1) is 16.9.